The molecule has 0 radical (unpaired) electrons. The summed E-state index contributed by atoms with van der Waals surface area (Å²) in [4.78, 5) is 4.66. The van der Waals surface area contributed by atoms with Crippen LogP contribution in [-0.4, -0.2) is 26.7 Å². The molecule has 6 nitrogen and oxygen atoms in total. The van der Waals surface area contributed by atoms with Crippen LogP contribution in [-0.2, 0) is 0 Å². The van der Waals surface area contributed by atoms with Crippen molar-refractivity contribution in [3.63, 3.8) is 0 Å². The van der Waals surface area contributed by atoms with Gasteiger partial charge in [-0.3, -0.25) is 4.40 Å². The van der Waals surface area contributed by atoms with Crippen LogP contribution in [0.25, 0.3) is 16.6 Å². The van der Waals surface area contributed by atoms with E-state index in [9.17, 15) is 0 Å². The summed E-state index contributed by atoms with van der Waals surface area (Å²) in [6.07, 6.45) is 1.65. The molecular formula is C16H13N5O. The van der Waals surface area contributed by atoms with E-state index >= 15 is 0 Å². The highest BCUT2D eigenvalue weighted by Crippen LogP contribution is 2.28. The van der Waals surface area contributed by atoms with Crippen molar-refractivity contribution >= 4 is 28.2 Å². The van der Waals surface area contributed by atoms with Gasteiger partial charge in [-0.2, -0.15) is 0 Å². The Labute approximate surface area is 126 Å². The lowest BCUT2D eigenvalue weighted by Crippen LogP contribution is -2.03. The summed E-state index contributed by atoms with van der Waals surface area (Å²) in [6, 6.07) is 15.6. The smallest absolute Gasteiger partial charge is 0.215 e. The molecule has 0 amide bonds. The van der Waals surface area contributed by atoms with E-state index in [1.54, 1.807) is 13.4 Å². The van der Waals surface area contributed by atoms with Crippen LogP contribution < -0.4 is 10.1 Å². The number of ether oxygens (including phenoxy) is 1. The van der Waals surface area contributed by atoms with Gasteiger partial charge in [0, 0.05) is 5.39 Å². The van der Waals surface area contributed by atoms with E-state index in [0.29, 0.717) is 5.95 Å². The zero-order chi connectivity index (χ0) is 14.9. The van der Waals surface area contributed by atoms with Gasteiger partial charge in [0.15, 0.2) is 5.65 Å². The summed E-state index contributed by atoms with van der Waals surface area (Å²) < 4.78 is 7.20. The number of hydrogen-bond acceptors (Lipinski definition) is 5. The van der Waals surface area contributed by atoms with Gasteiger partial charge in [-0.15, -0.1) is 10.2 Å². The van der Waals surface area contributed by atoms with Crippen LogP contribution in [0.3, 0.4) is 0 Å². The maximum Gasteiger partial charge on any atom is 0.215 e. The Hall–Kier alpha value is -3.15. The number of methoxy groups -OCH3 is 1. The van der Waals surface area contributed by atoms with Gasteiger partial charge in [0.25, 0.3) is 0 Å². The lowest BCUT2D eigenvalue weighted by atomic mass is 10.2. The highest BCUT2D eigenvalue weighted by molar-refractivity contribution is 5.92. The number of benzene rings is 2. The molecule has 4 aromatic rings. The van der Waals surface area contributed by atoms with Crippen LogP contribution in [0.4, 0.5) is 11.6 Å². The van der Waals surface area contributed by atoms with Crippen molar-refractivity contribution < 1.29 is 4.74 Å². The van der Waals surface area contributed by atoms with E-state index < -0.39 is 0 Å². The minimum Gasteiger partial charge on any atom is -0.495 e. The number of aromatic nitrogens is 4. The van der Waals surface area contributed by atoms with E-state index in [2.05, 4.69) is 20.5 Å². The summed E-state index contributed by atoms with van der Waals surface area (Å²) >= 11 is 0. The summed E-state index contributed by atoms with van der Waals surface area (Å²) in [5.74, 6) is 1.39. The zero-order valence-electron chi connectivity index (χ0n) is 11.9. The van der Waals surface area contributed by atoms with Gasteiger partial charge < -0.3 is 10.1 Å². The molecule has 0 atom stereocenters. The number of nitrogens with zero attached hydrogens (tertiary/aromatic N) is 4. The number of rotatable bonds is 3. The van der Waals surface area contributed by atoms with Crippen molar-refractivity contribution in [2.24, 2.45) is 0 Å². The molecule has 6 heteroatoms. The van der Waals surface area contributed by atoms with Crippen LogP contribution in [0, 0.1) is 0 Å². The van der Waals surface area contributed by atoms with Crippen LogP contribution in [0.5, 0.6) is 5.75 Å². The molecule has 22 heavy (non-hydrogen) atoms. The van der Waals surface area contributed by atoms with Crippen LogP contribution in [0.1, 0.15) is 0 Å². The number of para-hydroxylation sites is 3. The van der Waals surface area contributed by atoms with Gasteiger partial charge >= 0.3 is 0 Å². The molecule has 0 bridgehead atoms. The lowest BCUT2D eigenvalue weighted by molar-refractivity contribution is 0.417. The molecule has 0 unspecified atom stereocenters. The Morgan fingerprint density at radius 1 is 1.05 bits per heavy atom. The molecule has 0 fully saturated rings. The third kappa shape index (κ3) is 1.93. The summed E-state index contributed by atoms with van der Waals surface area (Å²) in [7, 11) is 1.64. The Morgan fingerprint density at radius 3 is 2.77 bits per heavy atom. The standard InChI is InChI=1S/C16H13N5O/c1-22-14-9-5-4-8-13(14)19-16-18-12-7-3-2-6-11(12)15-20-17-10-21(15)16/h2-10H,1H3,(H,18,19). The Balaban J connectivity index is 1.92. The third-order valence-corrected chi connectivity index (χ3v) is 3.50. The fourth-order valence-corrected chi connectivity index (χ4v) is 2.46. The highest BCUT2D eigenvalue weighted by Gasteiger charge is 2.11. The maximum absolute atomic E-state index is 5.37. The van der Waals surface area contributed by atoms with Gasteiger partial charge in [-0.25, -0.2) is 4.98 Å². The zero-order valence-corrected chi connectivity index (χ0v) is 11.9. The molecule has 108 valence electrons. The Kier molecular flexibility index (Phi) is 2.86. The number of anilines is 2. The highest BCUT2D eigenvalue weighted by atomic mass is 16.5. The summed E-state index contributed by atoms with van der Waals surface area (Å²) in [5.41, 5.74) is 2.46. The van der Waals surface area contributed by atoms with Crippen molar-refractivity contribution in [2.75, 3.05) is 12.4 Å². The first-order valence-electron chi connectivity index (χ1n) is 6.85. The molecule has 2 aromatic heterocycles. The van der Waals surface area contributed by atoms with E-state index in [-0.39, 0.29) is 0 Å². The fourth-order valence-electron chi connectivity index (χ4n) is 2.46. The first kappa shape index (κ1) is 12.6. The predicted molar refractivity (Wildman–Crippen MR) is 84.6 cm³/mol. The largest absolute Gasteiger partial charge is 0.495 e. The fraction of sp³-hybridized carbons (Fsp3) is 0.0625. The third-order valence-electron chi connectivity index (χ3n) is 3.50. The van der Waals surface area contributed by atoms with Gasteiger partial charge in [0.2, 0.25) is 5.95 Å². The first-order valence-corrected chi connectivity index (χ1v) is 6.85. The normalized spacial score (nSPS) is 11.0. The van der Waals surface area contributed by atoms with Crippen LogP contribution in [0.2, 0.25) is 0 Å². The summed E-state index contributed by atoms with van der Waals surface area (Å²) in [5, 5.41) is 12.4. The second-order valence-corrected chi connectivity index (χ2v) is 4.80. The molecule has 0 saturated carbocycles. The topological polar surface area (TPSA) is 64.3 Å². The number of hydrogen-bond donors (Lipinski definition) is 1. The molecule has 2 aromatic carbocycles. The van der Waals surface area contributed by atoms with Crippen molar-refractivity contribution in [3.05, 3.63) is 54.9 Å². The molecule has 0 aliphatic heterocycles. The van der Waals surface area contributed by atoms with Crippen LogP contribution >= 0.6 is 0 Å². The van der Waals surface area contributed by atoms with E-state index in [4.69, 9.17) is 4.74 Å². The monoisotopic (exact) mass is 291 g/mol. The summed E-state index contributed by atoms with van der Waals surface area (Å²) in [6.45, 7) is 0. The molecule has 0 spiro atoms. The minimum absolute atomic E-state index is 0.642. The molecule has 0 aliphatic rings. The number of nitrogens with one attached hydrogen (secondary N) is 1. The van der Waals surface area contributed by atoms with Gasteiger partial charge in [0.1, 0.15) is 12.1 Å². The molecule has 0 saturated heterocycles. The second kappa shape index (κ2) is 5.00. The SMILES string of the molecule is COc1ccccc1Nc1nc2ccccc2c2nncn12. The van der Waals surface area contributed by atoms with E-state index in [1.165, 1.54) is 0 Å². The van der Waals surface area contributed by atoms with Crippen molar-refractivity contribution in [1.29, 1.82) is 0 Å². The number of fused-ring (bicyclic) bond motifs is 3. The van der Waals surface area contributed by atoms with Gasteiger partial charge in [0.05, 0.1) is 18.3 Å². The molecule has 0 aliphatic carbocycles. The Bertz CT molecular complexity index is 963. The van der Waals surface area contributed by atoms with Crippen LogP contribution in [0.15, 0.2) is 54.9 Å². The molecule has 4 rings (SSSR count). The van der Waals surface area contributed by atoms with E-state index in [1.807, 2.05) is 52.9 Å². The van der Waals surface area contributed by atoms with Gasteiger partial charge in [-0.1, -0.05) is 24.3 Å². The molecule has 2 heterocycles. The molecule has 1 N–H and O–H groups in total. The molecular weight excluding hydrogens is 278 g/mol. The second-order valence-electron chi connectivity index (χ2n) is 4.80. The average Bonchev–Trinajstić information content (AvgIpc) is 3.06. The lowest BCUT2D eigenvalue weighted by Gasteiger charge is -2.12. The first-order chi connectivity index (χ1) is 10.9. The Morgan fingerprint density at radius 2 is 1.86 bits per heavy atom. The maximum atomic E-state index is 5.37. The quantitative estimate of drug-likeness (QED) is 0.628. The van der Waals surface area contributed by atoms with Crippen molar-refractivity contribution in [2.45, 2.75) is 0 Å². The van der Waals surface area contributed by atoms with Gasteiger partial charge in [-0.05, 0) is 24.3 Å². The van der Waals surface area contributed by atoms with E-state index in [0.717, 1.165) is 28.0 Å². The average molecular weight is 291 g/mol. The van der Waals surface area contributed by atoms with Crippen molar-refractivity contribution in [3.8, 4) is 5.75 Å². The minimum atomic E-state index is 0.642. The van der Waals surface area contributed by atoms with Crippen molar-refractivity contribution in [1.82, 2.24) is 19.6 Å². The predicted octanol–water partition coefficient (Wildman–Crippen LogP) is 3.03.